The number of thioether (sulfide) groups is 1. The zero-order valence-electron chi connectivity index (χ0n) is 10.6. The van der Waals surface area contributed by atoms with Crippen molar-refractivity contribution in [2.24, 2.45) is 0 Å². The monoisotopic (exact) mass is 355 g/mol. The summed E-state index contributed by atoms with van der Waals surface area (Å²) in [5.41, 5.74) is 0.303. The molecule has 2 N–H and O–H groups in total. The second-order valence-corrected chi connectivity index (χ2v) is 8.22. The summed E-state index contributed by atoms with van der Waals surface area (Å²) in [6, 6.07) is 2.67. The Balaban J connectivity index is 2.31. The summed E-state index contributed by atoms with van der Waals surface area (Å²) in [5, 5.41) is 9.45. The summed E-state index contributed by atoms with van der Waals surface area (Å²) in [4.78, 5) is -0.0775. The number of aliphatic hydroxyl groups is 1. The van der Waals surface area contributed by atoms with E-state index in [9.17, 15) is 13.5 Å². The van der Waals surface area contributed by atoms with Crippen LogP contribution in [-0.4, -0.2) is 31.1 Å². The molecule has 0 amide bonds. The van der Waals surface area contributed by atoms with Crippen LogP contribution >= 0.6 is 35.0 Å². The van der Waals surface area contributed by atoms with Gasteiger partial charge in [0, 0.05) is 16.8 Å². The minimum Gasteiger partial charge on any atom is -0.392 e. The van der Waals surface area contributed by atoms with Gasteiger partial charge in [-0.3, -0.25) is 0 Å². The summed E-state index contributed by atoms with van der Waals surface area (Å²) in [6.07, 6.45) is 1.81. The van der Waals surface area contributed by atoms with Crippen LogP contribution < -0.4 is 4.72 Å². The zero-order valence-corrected chi connectivity index (χ0v) is 13.7. The Kier molecular flexibility index (Phi) is 5.62. The lowest BCUT2D eigenvalue weighted by atomic mass is 10.2. The molecule has 0 aromatic heterocycles. The van der Waals surface area contributed by atoms with Gasteiger partial charge < -0.3 is 5.11 Å². The lowest BCUT2D eigenvalue weighted by Gasteiger charge is -2.22. The highest BCUT2D eigenvalue weighted by molar-refractivity contribution is 7.99. The molecule has 1 fully saturated rings. The average molecular weight is 356 g/mol. The quantitative estimate of drug-likeness (QED) is 0.871. The van der Waals surface area contributed by atoms with Crippen LogP contribution in [0.1, 0.15) is 18.4 Å². The molecule has 0 aliphatic carbocycles. The first-order valence-corrected chi connectivity index (χ1v) is 9.52. The van der Waals surface area contributed by atoms with Gasteiger partial charge in [-0.25, -0.2) is 13.1 Å². The fraction of sp³-hybridized carbons (Fsp3) is 0.500. The SMILES string of the molecule is O=S(=O)(NC1CCCSC1)c1cc(Cl)cc(CO)c1Cl. The number of sulfonamides is 1. The second kappa shape index (κ2) is 6.85. The maximum atomic E-state index is 12.4. The molecule has 1 unspecified atom stereocenters. The first-order valence-electron chi connectivity index (χ1n) is 6.13. The maximum Gasteiger partial charge on any atom is 0.242 e. The molecule has 1 aromatic rings. The van der Waals surface area contributed by atoms with E-state index < -0.39 is 10.0 Å². The summed E-state index contributed by atoms with van der Waals surface area (Å²) in [6.45, 7) is -0.360. The summed E-state index contributed by atoms with van der Waals surface area (Å²) in [7, 11) is -3.74. The highest BCUT2D eigenvalue weighted by atomic mass is 35.5. The van der Waals surface area contributed by atoms with Crippen molar-refractivity contribution >= 4 is 45.0 Å². The molecule has 0 spiro atoms. The minimum atomic E-state index is -3.74. The molecule has 2 rings (SSSR count). The second-order valence-electron chi connectivity index (χ2n) is 4.57. The largest absolute Gasteiger partial charge is 0.392 e. The number of benzene rings is 1. The molecule has 1 aliphatic heterocycles. The molecule has 1 atom stereocenters. The molecule has 20 heavy (non-hydrogen) atoms. The van der Waals surface area contributed by atoms with Crippen LogP contribution in [0.15, 0.2) is 17.0 Å². The van der Waals surface area contributed by atoms with Gasteiger partial charge in [0.2, 0.25) is 10.0 Å². The third-order valence-electron chi connectivity index (χ3n) is 3.02. The van der Waals surface area contributed by atoms with Crippen LogP contribution in [0.4, 0.5) is 0 Å². The van der Waals surface area contributed by atoms with E-state index in [1.165, 1.54) is 12.1 Å². The molecule has 1 heterocycles. The van der Waals surface area contributed by atoms with E-state index in [0.717, 1.165) is 24.3 Å². The van der Waals surface area contributed by atoms with Crippen LogP contribution in [0, 0.1) is 0 Å². The van der Waals surface area contributed by atoms with E-state index in [-0.39, 0.29) is 27.6 Å². The van der Waals surface area contributed by atoms with Crippen molar-refractivity contribution in [3.63, 3.8) is 0 Å². The third kappa shape index (κ3) is 3.81. The number of rotatable bonds is 4. The van der Waals surface area contributed by atoms with Gasteiger partial charge in [-0.15, -0.1) is 0 Å². The van der Waals surface area contributed by atoms with Crippen LogP contribution in [0.5, 0.6) is 0 Å². The molecular weight excluding hydrogens is 341 g/mol. The van der Waals surface area contributed by atoms with Gasteiger partial charge in [-0.1, -0.05) is 23.2 Å². The van der Waals surface area contributed by atoms with Crippen LogP contribution in [0.25, 0.3) is 0 Å². The van der Waals surface area contributed by atoms with Crippen molar-refractivity contribution < 1.29 is 13.5 Å². The zero-order chi connectivity index (χ0) is 14.8. The third-order valence-corrected chi connectivity index (χ3v) is 6.56. The van der Waals surface area contributed by atoms with Gasteiger partial charge in [0.15, 0.2) is 0 Å². The Morgan fingerprint density at radius 1 is 1.40 bits per heavy atom. The smallest absolute Gasteiger partial charge is 0.242 e. The fourth-order valence-corrected chi connectivity index (χ4v) is 5.42. The van der Waals surface area contributed by atoms with Crippen molar-refractivity contribution in [3.05, 3.63) is 27.7 Å². The predicted molar refractivity (Wildman–Crippen MR) is 83.1 cm³/mol. The normalized spacial score (nSPS) is 20.1. The fourth-order valence-electron chi connectivity index (χ4n) is 2.05. The lowest BCUT2D eigenvalue weighted by Crippen LogP contribution is -2.38. The van der Waals surface area contributed by atoms with Crippen LogP contribution in [0.3, 0.4) is 0 Å². The van der Waals surface area contributed by atoms with Crippen LogP contribution in [-0.2, 0) is 16.6 Å². The number of hydrogen-bond donors (Lipinski definition) is 2. The molecule has 0 bridgehead atoms. The number of aliphatic hydroxyl groups excluding tert-OH is 1. The highest BCUT2D eigenvalue weighted by Crippen LogP contribution is 2.30. The van der Waals surface area contributed by atoms with E-state index in [1.807, 2.05) is 0 Å². The van der Waals surface area contributed by atoms with Crippen molar-refractivity contribution in [1.82, 2.24) is 4.72 Å². The Morgan fingerprint density at radius 2 is 2.15 bits per heavy atom. The molecular formula is C12H15Cl2NO3S2. The van der Waals surface area contributed by atoms with Gasteiger partial charge in [0.05, 0.1) is 11.6 Å². The highest BCUT2D eigenvalue weighted by Gasteiger charge is 2.25. The van der Waals surface area contributed by atoms with Crippen LogP contribution in [0.2, 0.25) is 10.0 Å². The lowest BCUT2D eigenvalue weighted by molar-refractivity contribution is 0.281. The summed E-state index contributed by atoms with van der Waals surface area (Å²) < 4.78 is 27.5. The Hall–Kier alpha value is 0.0200. The molecule has 8 heteroatoms. The Bertz CT molecular complexity index is 587. The standard InChI is InChI=1S/C12H15Cl2NO3S2/c13-9-4-8(6-16)12(14)11(5-9)20(17,18)15-10-2-1-3-19-7-10/h4-5,10,15-16H,1-3,6-7H2. The summed E-state index contributed by atoms with van der Waals surface area (Å²) >= 11 is 13.7. The minimum absolute atomic E-state index is 0.0212. The first kappa shape index (κ1) is 16.4. The van der Waals surface area contributed by atoms with Crippen molar-refractivity contribution in [1.29, 1.82) is 0 Å². The van der Waals surface area contributed by atoms with E-state index in [0.29, 0.717) is 5.56 Å². The molecule has 0 saturated carbocycles. The Morgan fingerprint density at radius 3 is 2.75 bits per heavy atom. The van der Waals surface area contributed by atoms with Gasteiger partial charge in [0.25, 0.3) is 0 Å². The Labute approximate surface area is 132 Å². The van der Waals surface area contributed by atoms with Gasteiger partial charge in [-0.05, 0) is 36.3 Å². The molecule has 1 saturated heterocycles. The molecule has 1 aromatic carbocycles. The van der Waals surface area contributed by atoms with E-state index in [1.54, 1.807) is 11.8 Å². The number of nitrogens with one attached hydrogen (secondary N) is 1. The number of halogens is 2. The number of hydrogen-bond acceptors (Lipinski definition) is 4. The van der Waals surface area contributed by atoms with E-state index >= 15 is 0 Å². The van der Waals surface area contributed by atoms with Gasteiger partial charge >= 0.3 is 0 Å². The maximum absolute atomic E-state index is 12.4. The molecule has 1 aliphatic rings. The predicted octanol–water partition coefficient (Wildman–Crippen LogP) is 2.66. The van der Waals surface area contributed by atoms with Crippen molar-refractivity contribution in [3.8, 4) is 0 Å². The topological polar surface area (TPSA) is 66.4 Å². The first-order chi connectivity index (χ1) is 9.44. The molecule has 0 radical (unpaired) electrons. The van der Waals surface area contributed by atoms with E-state index in [4.69, 9.17) is 23.2 Å². The van der Waals surface area contributed by atoms with Crippen molar-refractivity contribution in [2.45, 2.75) is 30.4 Å². The molecule has 4 nitrogen and oxygen atoms in total. The van der Waals surface area contributed by atoms with E-state index in [2.05, 4.69) is 4.72 Å². The van der Waals surface area contributed by atoms with Crippen molar-refractivity contribution in [2.75, 3.05) is 11.5 Å². The molecule has 112 valence electrons. The average Bonchev–Trinajstić information content (AvgIpc) is 2.41. The van der Waals surface area contributed by atoms with Gasteiger partial charge in [0.1, 0.15) is 4.90 Å². The van der Waals surface area contributed by atoms with Gasteiger partial charge in [-0.2, -0.15) is 11.8 Å². The summed E-state index contributed by atoms with van der Waals surface area (Å²) in [5.74, 6) is 1.81.